The van der Waals surface area contributed by atoms with E-state index in [0.29, 0.717) is 39.9 Å². The Labute approximate surface area is 198 Å². The molecule has 0 spiro atoms. The van der Waals surface area contributed by atoms with Crippen LogP contribution in [-0.2, 0) is 7.05 Å². The van der Waals surface area contributed by atoms with Gasteiger partial charge in [-0.25, -0.2) is 4.98 Å². The molecule has 6 rings (SSSR count). The van der Waals surface area contributed by atoms with Gasteiger partial charge in [-0.3, -0.25) is 19.0 Å². The Hall–Kier alpha value is -5.06. The molecule has 35 heavy (non-hydrogen) atoms. The first-order chi connectivity index (χ1) is 17.0. The van der Waals surface area contributed by atoms with Crippen molar-refractivity contribution >= 4 is 17.2 Å². The van der Waals surface area contributed by atoms with Gasteiger partial charge >= 0.3 is 0 Å². The molecule has 2 N–H and O–H groups in total. The number of aromatic amines is 1. The molecule has 0 unspecified atom stereocenters. The maximum absolute atomic E-state index is 13.2. The lowest BCUT2D eigenvalue weighted by molar-refractivity contribution is 0.102. The summed E-state index contributed by atoms with van der Waals surface area (Å²) < 4.78 is 8.83. The number of hydrogen-bond acceptors (Lipinski definition) is 7. The molecular weight excluding hydrogens is 446 g/mol. The molecule has 0 radical (unpaired) electrons. The van der Waals surface area contributed by atoms with Crippen LogP contribution < -0.4 is 5.32 Å². The average molecular weight is 465 g/mol. The van der Waals surface area contributed by atoms with E-state index in [1.165, 1.54) is 0 Å². The lowest BCUT2D eigenvalue weighted by atomic mass is 10.1. The van der Waals surface area contributed by atoms with E-state index in [2.05, 4.69) is 35.7 Å². The summed E-state index contributed by atoms with van der Waals surface area (Å²) in [6, 6.07) is 11.3. The molecule has 5 aromatic heterocycles. The predicted octanol–water partition coefficient (Wildman–Crippen LogP) is 3.74. The van der Waals surface area contributed by atoms with E-state index in [0.717, 1.165) is 16.8 Å². The van der Waals surface area contributed by atoms with E-state index in [1.54, 1.807) is 27.7 Å². The first-order valence-corrected chi connectivity index (χ1v) is 10.8. The van der Waals surface area contributed by atoms with Crippen LogP contribution >= 0.6 is 0 Å². The number of aromatic nitrogens is 8. The number of nitrogens with one attached hydrogen (secondary N) is 2. The predicted molar refractivity (Wildman–Crippen MR) is 127 cm³/mol. The van der Waals surface area contributed by atoms with E-state index in [9.17, 15) is 4.79 Å². The Morgan fingerprint density at radius 2 is 1.97 bits per heavy atom. The van der Waals surface area contributed by atoms with Crippen LogP contribution in [0.3, 0.4) is 0 Å². The fourth-order valence-corrected chi connectivity index (χ4v) is 3.78. The van der Waals surface area contributed by atoms with Crippen LogP contribution in [0.15, 0.2) is 71.9 Å². The maximum Gasteiger partial charge on any atom is 0.274 e. The van der Waals surface area contributed by atoms with Gasteiger partial charge in [0, 0.05) is 42.5 Å². The van der Waals surface area contributed by atoms with E-state index in [-0.39, 0.29) is 5.91 Å². The second-order valence-corrected chi connectivity index (χ2v) is 8.06. The average Bonchev–Trinajstić information content (AvgIpc) is 3.66. The van der Waals surface area contributed by atoms with Crippen LogP contribution in [0.1, 0.15) is 16.1 Å². The van der Waals surface area contributed by atoms with Crippen molar-refractivity contribution in [1.29, 1.82) is 0 Å². The number of anilines is 1. The molecule has 1 amide bonds. The second-order valence-electron chi connectivity index (χ2n) is 8.06. The van der Waals surface area contributed by atoms with Crippen molar-refractivity contribution in [3.63, 3.8) is 0 Å². The number of rotatable bonds is 5. The summed E-state index contributed by atoms with van der Waals surface area (Å²) in [6.07, 6.45) is 8.54. The van der Waals surface area contributed by atoms with Crippen LogP contribution in [0.5, 0.6) is 0 Å². The number of aryl methyl sites for hydroxylation is 2. The maximum atomic E-state index is 13.2. The highest BCUT2D eigenvalue weighted by molar-refractivity contribution is 6.04. The van der Waals surface area contributed by atoms with Crippen molar-refractivity contribution < 1.29 is 9.32 Å². The van der Waals surface area contributed by atoms with E-state index in [1.807, 2.05) is 62.8 Å². The van der Waals surface area contributed by atoms with Gasteiger partial charge in [0.05, 0.1) is 23.7 Å². The van der Waals surface area contributed by atoms with Gasteiger partial charge in [0.2, 0.25) is 5.82 Å². The monoisotopic (exact) mass is 465 g/mol. The molecule has 5 heterocycles. The zero-order valence-corrected chi connectivity index (χ0v) is 18.8. The third-order valence-electron chi connectivity index (χ3n) is 5.67. The Kier molecular flexibility index (Phi) is 4.73. The Morgan fingerprint density at radius 3 is 2.77 bits per heavy atom. The molecule has 0 fully saturated rings. The fourth-order valence-electron chi connectivity index (χ4n) is 3.78. The van der Waals surface area contributed by atoms with Crippen LogP contribution in [-0.4, -0.2) is 45.4 Å². The molecule has 0 saturated heterocycles. The summed E-state index contributed by atoms with van der Waals surface area (Å²) in [5.74, 6) is 0.486. The topological polar surface area (TPSA) is 132 Å². The summed E-state index contributed by atoms with van der Waals surface area (Å²) in [7, 11) is 1.87. The van der Waals surface area contributed by atoms with Crippen LogP contribution in [0.4, 0.5) is 5.69 Å². The third kappa shape index (κ3) is 3.74. The second kappa shape index (κ2) is 8.06. The summed E-state index contributed by atoms with van der Waals surface area (Å²) in [5, 5.41) is 18.1. The molecule has 172 valence electrons. The number of hydrogen-bond donors (Lipinski definition) is 2. The fraction of sp³-hybridized carbons (Fsp3) is 0.0833. The Bertz CT molecular complexity index is 1670. The number of benzene rings is 1. The first kappa shape index (κ1) is 20.5. The molecule has 0 aliphatic heterocycles. The number of carbonyl (C=O) groups is 1. The van der Waals surface area contributed by atoms with Gasteiger partial charge in [-0.1, -0.05) is 17.3 Å². The van der Waals surface area contributed by atoms with Crippen LogP contribution in [0.2, 0.25) is 0 Å². The third-order valence-corrected chi connectivity index (χ3v) is 5.67. The summed E-state index contributed by atoms with van der Waals surface area (Å²) in [4.78, 5) is 22.0. The highest BCUT2D eigenvalue weighted by atomic mass is 16.5. The zero-order valence-electron chi connectivity index (χ0n) is 18.8. The van der Waals surface area contributed by atoms with Crippen molar-refractivity contribution in [1.82, 2.24) is 39.5 Å². The zero-order chi connectivity index (χ0) is 23.9. The molecule has 11 heteroatoms. The van der Waals surface area contributed by atoms with Crippen molar-refractivity contribution in [2.24, 2.45) is 7.05 Å². The summed E-state index contributed by atoms with van der Waals surface area (Å²) in [5.41, 5.74) is 5.78. The van der Waals surface area contributed by atoms with Gasteiger partial charge in [0.1, 0.15) is 11.3 Å². The molecule has 0 aliphatic rings. The molecule has 0 atom stereocenters. The van der Waals surface area contributed by atoms with Crippen molar-refractivity contribution in [3.8, 4) is 34.1 Å². The number of imidazole rings is 1. The molecule has 0 aliphatic carbocycles. The van der Waals surface area contributed by atoms with Gasteiger partial charge in [-0.15, -0.1) is 0 Å². The standard InChI is InChI=1S/C24H19N9O2/c1-14-3-4-16(22-29-24(35-31-22)17-11-26-27-12-17)9-19(14)28-23(34)20-13-25-21-10-15(5-8-33(20)21)18-6-7-32(2)30-18/h3-13H,1-2H3,(H,26,27)(H,28,34). The van der Waals surface area contributed by atoms with Crippen molar-refractivity contribution in [2.75, 3.05) is 5.32 Å². The number of carbonyl (C=O) groups excluding carboxylic acids is 1. The largest absolute Gasteiger partial charge is 0.333 e. The molecule has 1 aromatic carbocycles. The summed E-state index contributed by atoms with van der Waals surface area (Å²) >= 11 is 0. The van der Waals surface area contributed by atoms with Gasteiger partial charge in [0.25, 0.3) is 11.8 Å². The number of fused-ring (bicyclic) bond motifs is 1. The lowest BCUT2D eigenvalue weighted by Crippen LogP contribution is -2.15. The molecule has 0 bridgehead atoms. The minimum atomic E-state index is -0.282. The number of nitrogens with zero attached hydrogens (tertiary/aromatic N) is 7. The number of pyridine rings is 1. The first-order valence-electron chi connectivity index (χ1n) is 10.8. The normalized spacial score (nSPS) is 11.3. The smallest absolute Gasteiger partial charge is 0.274 e. The SMILES string of the molecule is Cc1ccc(-c2noc(-c3cn[nH]c3)n2)cc1NC(=O)c1cnc2cc(-c3ccn(C)n3)ccn12. The lowest BCUT2D eigenvalue weighted by Gasteiger charge is -2.09. The van der Waals surface area contributed by atoms with Crippen LogP contribution in [0.25, 0.3) is 39.7 Å². The van der Waals surface area contributed by atoms with Gasteiger partial charge in [0.15, 0.2) is 0 Å². The number of H-pyrrole nitrogens is 1. The molecule has 0 saturated carbocycles. The molecule has 6 aromatic rings. The van der Waals surface area contributed by atoms with Crippen molar-refractivity contribution in [2.45, 2.75) is 6.92 Å². The Morgan fingerprint density at radius 1 is 1.06 bits per heavy atom. The minimum Gasteiger partial charge on any atom is -0.333 e. The van der Waals surface area contributed by atoms with Gasteiger partial charge in [-0.05, 0) is 36.8 Å². The minimum absolute atomic E-state index is 0.282. The summed E-state index contributed by atoms with van der Waals surface area (Å²) in [6.45, 7) is 1.92. The van der Waals surface area contributed by atoms with Gasteiger partial charge < -0.3 is 9.84 Å². The number of amides is 1. The van der Waals surface area contributed by atoms with Crippen LogP contribution in [0, 0.1) is 6.92 Å². The van der Waals surface area contributed by atoms with Crippen molar-refractivity contribution in [3.05, 3.63) is 78.6 Å². The molecular formula is C24H19N9O2. The Balaban J connectivity index is 1.27. The highest BCUT2D eigenvalue weighted by Crippen LogP contribution is 2.26. The quantitative estimate of drug-likeness (QED) is 0.396. The van der Waals surface area contributed by atoms with E-state index < -0.39 is 0 Å². The van der Waals surface area contributed by atoms with E-state index in [4.69, 9.17) is 4.52 Å². The highest BCUT2D eigenvalue weighted by Gasteiger charge is 2.17. The van der Waals surface area contributed by atoms with E-state index >= 15 is 0 Å². The molecule has 11 nitrogen and oxygen atoms in total. The van der Waals surface area contributed by atoms with Gasteiger partial charge in [-0.2, -0.15) is 15.2 Å².